The average Bonchev–Trinajstić information content (AvgIpc) is 2.75. The summed E-state index contributed by atoms with van der Waals surface area (Å²) in [7, 11) is 0. The molecule has 16 heavy (non-hydrogen) atoms. The highest BCUT2D eigenvalue weighted by Gasteiger charge is 2.16. The van der Waals surface area contributed by atoms with Crippen molar-refractivity contribution in [2.24, 2.45) is 5.92 Å². The second-order valence-electron chi connectivity index (χ2n) is 4.10. The molecule has 90 valence electrons. The van der Waals surface area contributed by atoms with E-state index in [2.05, 4.69) is 23.0 Å². The van der Waals surface area contributed by atoms with Crippen molar-refractivity contribution >= 4 is 18.5 Å². The van der Waals surface area contributed by atoms with Crippen LogP contribution in [0.4, 0.5) is 0 Å². The molecular weight excluding hydrogens is 222 g/mol. The van der Waals surface area contributed by atoms with Crippen LogP contribution in [0.3, 0.4) is 0 Å². The molecule has 5 heteroatoms. The Labute approximate surface area is 102 Å². The Kier molecular flexibility index (Phi) is 5.38. The Morgan fingerprint density at radius 2 is 2.31 bits per heavy atom. The molecule has 0 radical (unpaired) electrons. The number of nitrogens with one attached hydrogen (secondary N) is 1. The number of hydrogen-bond acceptors (Lipinski definition) is 3. The van der Waals surface area contributed by atoms with Gasteiger partial charge in [0, 0.05) is 25.5 Å². The van der Waals surface area contributed by atoms with Crippen LogP contribution < -0.4 is 5.32 Å². The summed E-state index contributed by atoms with van der Waals surface area (Å²) in [4.78, 5) is 11.5. The molecule has 1 aromatic rings. The highest BCUT2D eigenvalue weighted by Crippen LogP contribution is 2.08. The number of thiol groups is 1. The predicted molar refractivity (Wildman–Crippen MR) is 67.5 cm³/mol. The molecule has 0 aliphatic heterocycles. The minimum atomic E-state index is -0.218. The van der Waals surface area contributed by atoms with E-state index in [0.717, 1.165) is 13.0 Å². The summed E-state index contributed by atoms with van der Waals surface area (Å²) in [5.41, 5.74) is 0. The summed E-state index contributed by atoms with van der Waals surface area (Å²) < 4.78 is 1.85. The van der Waals surface area contributed by atoms with Gasteiger partial charge in [-0.2, -0.15) is 17.7 Å². The third-order valence-electron chi connectivity index (χ3n) is 2.32. The maximum Gasteiger partial charge on any atom is 0.233 e. The van der Waals surface area contributed by atoms with Gasteiger partial charge >= 0.3 is 0 Å². The Hall–Kier alpha value is -0.970. The zero-order chi connectivity index (χ0) is 12.0. The minimum absolute atomic E-state index is 0.0128. The molecule has 1 atom stereocenters. The molecule has 0 fully saturated rings. The average molecular weight is 241 g/mol. The standard InChI is InChI=1S/C11H19N3OS/c1-9(2)10(16)11(15)12-5-3-7-14-8-4-6-13-14/h4,6,8-10,16H,3,5,7H2,1-2H3,(H,12,15). The normalized spacial score (nSPS) is 12.8. The molecule has 1 rings (SSSR count). The lowest BCUT2D eigenvalue weighted by Gasteiger charge is -2.14. The fourth-order valence-electron chi connectivity index (χ4n) is 1.29. The van der Waals surface area contributed by atoms with Gasteiger partial charge in [0.15, 0.2) is 0 Å². The van der Waals surface area contributed by atoms with Crippen molar-refractivity contribution < 1.29 is 4.79 Å². The van der Waals surface area contributed by atoms with Crippen LogP contribution in [0.2, 0.25) is 0 Å². The van der Waals surface area contributed by atoms with Gasteiger partial charge in [-0.3, -0.25) is 9.48 Å². The van der Waals surface area contributed by atoms with E-state index in [0.29, 0.717) is 6.54 Å². The third-order valence-corrected chi connectivity index (χ3v) is 3.15. The topological polar surface area (TPSA) is 46.9 Å². The zero-order valence-electron chi connectivity index (χ0n) is 9.76. The van der Waals surface area contributed by atoms with Gasteiger partial charge < -0.3 is 5.32 Å². The van der Waals surface area contributed by atoms with E-state index in [1.165, 1.54) is 0 Å². The van der Waals surface area contributed by atoms with E-state index < -0.39 is 0 Å². The fraction of sp³-hybridized carbons (Fsp3) is 0.636. The Morgan fingerprint density at radius 1 is 1.56 bits per heavy atom. The lowest BCUT2D eigenvalue weighted by Crippen LogP contribution is -2.35. The zero-order valence-corrected chi connectivity index (χ0v) is 10.7. The first-order chi connectivity index (χ1) is 7.61. The lowest BCUT2D eigenvalue weighted by molar-refractivity contribution is -0.121. The van der Waals surface area contributed by atoms with Gasteiger partial charge in [0.25, 0.3) is 0 Å². The monoisotopic (exact) mass is 241 g/mol. The van der Waals surface area contributed by atoms with E-state index in [4.69, 9.17) is 0 Å². The van der Waals surface area contributed by atoms with Gasteiger partial charge in [-0.1, -0.05) is 13.8 Å². The largest absolute Gasteiger partial charge is 0.355 e. The molecule has 0 bridgehead atoms. The number of hydrogen-bond donors (Lipinski definition) is 2. The van der Waals surface area contributed by atoms with Crippen LogP contribution in [0.25, 0.3) is 0 Å². The van der Waals surface area contributed by atoms with Crippen molar-refractivity contribution in [3.05, 3.63) is 18.5 Å². The number of nitrogens with zero attached hydrogens (tertiary/aromatic N) is 2. The third kappa shape index (κ3) is 4.26. The molecule has 0 saturated heterocycles. The van der Waals surface area contributed by atoms with Crippen LogP contribution in [0.1, 0.15) is 20.3 Å². The van der Waals surface area contributed by atoms with Gasteiger partial charge in [0.1, 0.15) is 0 Å². The highest BCUT2D eigenvalue weighted by atomic mass is 32.1. The predicted octanol–water partition coefficient (Wildman–Crippen LogP) is 1.34. The maximum atomic E-state index is 11.5. The molecule has 4 nitrogen and oxygen atoms in total. The van der Waals surface area contributed by atoms with Crippen LogP contribution in [-0.4, -0.2) is 27.5 Å². The first-order valence-electron chi connectivity index (χ1n) is 5.54. The van der Waals surface area contributed by atoms with Gasteiger partial charge in [-0.05, 0) is 18.4 Å². The lowest BCUT2D eigenvalue weighted by atomic mass is 10.1. The van der Waals surface area contributed by atoms with Crippen LogP contribution in [-0.2, 0) is 11.3 Å². The summed E-state index contributed by atoms with van der Waals surface area (Å²) in [6.07, 6.45) is 4.55. The number of carbonyl (C=O) groups excluding carboxylic acids is 1. The summed E-state index contributed by atoms with van der Waals surface area (Å²) in [6.45, 7) is 5.47. The van der Waals surface area contributed by atoms with Crippen LogP contribution in [0, 0.1) is 5.92 Å². The maximum absolute atomic E-state index is 11.5. The summed E-state index contributed by atoms with van der Waals surface area (Å²) in [5, 5.41) is 6.74. The molecule has 0 aromatic carbocycles. The molecule has 0 aliphatic carbocycles. The molecule has 0 saturated carbocycles. The van der Waals surface area contributed by atoms with Gasteiger partial charge in [-0.25, -0.2) is 0 Å². The van der Waals surface area contributed by atoms with Crippen molar-refractivity contribution in [1.82, 2.24) is 15.1 Å². The molecule has 1 unspecified atom stereocenters. The van der Waals surface area contributed by atoms with E-state index in [1.54, 1.807) is 6.20 Å². The molecule has 0 aliphatic rings. The number of amides is 1. The summed E-state index contributed by atoms with van der Waals surface area (Å²) in [6, 6.07) is 1.89. The first kappa shape index (κ1) is 13.1. The minimum Gasteiger partial charge on any atom is -0.355 e. The van der Waals surface area contributed by atoms with Crippen molar-refractivity contribution in [3.63, 3.8) is 0 Å². The van der Waals surface area contributed by atoms with Crippen LogP contribution in [0.5, 0.6) is 0 Å². The molecule has 1 amide bonds. The molecular formula is C11H19N3OS. The summed E-state index contributed by atoms with van der Waals surface area (Å²) >= 11 is 4.25. The van der Waals surface area contributed by atoms with Crippen LogP contribution >= 0.6 is 12.6 Å². The smallest absolute Gasteiger partial charge is 0.233 e. The Balaban J connectivity index is 2.13. The van der Waals surface area contributed by atoms with Gasteiger partial charge in [0.2, 0.25) is 5.91 Å². The first-order valence-corrected chi connectivity index (χ1v) is 6.06. The Bertz CT molecular complexity index is 311. The highest BCUT2D eigenvalue weighted by molar-refractivity contribution is 7.81. The SMILES string of the molecule is CC(C)C(S)C(=O)NCCCn1cccn1. The number of carbonyl (C=O) groups is 1. The number of aryl methyl sites for hydroxylation is 1. The van der Waals surface area contributed by atoms with Gasteiger partial charge in [-0.15, -0.1) is 0 Å². The molecule has 0 spiro atoms. The van der Waals surface area contributed by atoms with Crippen molar-refractivity contribution in [2.75, 3.05) is 6.54 Å². The number of aromatic nitrogens is 2. The van der Waals surface area contributed by atoms with Crippen molar-refractivity contribution in [3.8, 4) is 0 Å². The Morgan fingerprint density at radius 3 is 2.88 bits per heavy atom. The van der Waals surface area contributed by atoms with E-state index in [9.17, 15) is 4.79 Å². The fourth-order valence-corrected chi connectivity index (χ4v) is 1.38. The second kappa shape index (κ2) is 6.58. The molecule has 1 N–H and O–H groups in total. The number of rotatable bonds is 6. The van der Waals surface area contributed by atoms with E-state index in [1.807, 2.05) is 30.8 Å². The second-order valence-corrected chi connectivity index (χ2v) is 4.66. The molecule has 1 aromatic heterocycles. The van der Waals surface area contributed by atoms with Crippen LogP contribution in [0.15, 0.2) is 18.5 Å². The van der Waals surface area contributed by atoms with E-state index in [-0.39, 0.29) is 17.1 Å². The van der Waals surface area contributed by atoms with E-state index >= 15 is 0 Å². The molecule has 1 heterocycles. The van der Waals surface area contributed by atoms with Gasteiger partial charge in [0.05, 0.1) is 5.25 Å². The summed E-state index contributed by atoms with van der Waals surface area (Å²) in [5.74, 6) is 0.272. The quantitative estimate of drug-likeness (QED) is 0.583. The van der Waals surface area contributed by atoms with Crippen molar-refractivity contribution in [2.45, 2.75) is 32.1 Å². The van der Waals surface area contributed by atoms with Crippen molar-refractivity contribution in [1.29, 1.82) is 0 Å².